The number of hydrogen-bond donors (Lipinski definition) is 0. The number of cyclic esters (lactones) is 1. The van der Waals surface area contributed by atoms with Crippen molar-refractivity contribution in [3.63, 3.8) is 0 Å². The monoisotopic (exact) mass is 423 g/mol. The highest BCUT2D eigenvalue weighted by Gasteiger charge is 2.30. The van der Waals surface area contributed by atoms with Crippen molar-refractivity contribution in [2.45, 2.75) is 38.3 Å². The quantitative estimate of drug-likeness (QED) is 0.707. The lowest BCUT2D eigenvalue weighted by Gasteiger charge is -2.38. The smallest absolute Gasteiger partial charge is 0.410 e. The van der Waals surface area contributed by atoms with Gasteiger partial charge >= 0.3 is 6.09 Å². The van der Waals surface area contributed by atoms with Crippen molar-refractivity contribution in [2.75, 3.05) is 44.2 Å². The molecule has 0 radical (unpaired) electrons. The number of anilines is 1. The standard InChI is InChI=1S/C25H30FN3O2/c26-22-5-2-19(3-6-22)7-11-27-12-9-23(10-13-27)29-14-8-21-4-1-20(17-24(21)29)18-28-15-16-31-25(28)30/h1-6,17,23H,7-16,18H2. The van der Waals surface area contributed by atoms with Crippen LogP contribution >= 0.6 is 0 Å². The number of benzene rings is 2. The SMILES string of the molecule is O=C1OCCN1Cc1ccc2c(c1)N(C1CCN(CCc3ccc(F)cc3)CC1)CC2. The highest BCUT2D eigenvalue weighted by atomic mass is 19.1. The van der Waals surface area contributed by atoms with Crippen molar-refractivity contribution >= 4 is 11.8 Å². The molecule has 5 nitrogen and oxygen atoms in total. The van der Waals surface area contributed by atoms with E-state index >= 15 is 0 Å². The van der Waals surface area contributed by atoms with E-state index in [4.69, 9.17) is 4.74 Å². The van der Waals surface area contributed by atoms with E-state index in [1.54, 1.807) is 17.0 Å². The second-order valence-electron chi connectivity index (χ2n) is 8.89. The lowest BCUT2D eigenvalue weighted by atomic mass is 10.0. The van der Waals surface area contributed by atoms with E-state index < -0.39 is 0 Å². The van der Waals surface area contributed by atoms with Gasteiger partial charge in [-0.15, -0.1) is 0 Å². The summed E-state index contributed by atoms with van der Waals surface area (Å²) in [5.41, 5.74) is 5.16. The van der Waals surface area contributed by atoms with Crippen molar-refractivity contribution in [2.24, 2.45) is 0 Å². The van der Waals surface area contributed by atoms with Gasteiger partial charge in [-0.05, 0) is 60.6 Å². The first-order valence-electron chi connectivity index (χ1n) is 11.4. The normalized spacial score (nSPS) is 19.7. The van der Waals surface area contributed by atoms with Gasteiger partial charge in [0.2, 0.25) is 0 Å². The second-order valence-corrected chi connectivity index (χ2v) is 8.89. The summed E-state index contributed by atoms with van der Waals surface area (Å²) in [6.45, 7) is 6.14. The van der Waals surface area contributed by atoms with Gasteiger partial charge in [0, 0.05) is 44.5 Å². The first kappa shape index (κ1) is 20.3. The Kier molecular flexibility index (Phi) is 5.81. The van der Waals surface area contributed by atoms with Crippen LogP contribution in [0.3, 0.4) is 0 Å². The molecule has 0 aliphatic carbocycles. The van der Waals surface area contributed by atoms with E-state index in [0.29, 0.717) is 25.7 Å². The number of hydrogen-bond acceptors (Lipinski definition) is 4. The predicted molar refractivity (Wildman–Crippen MR) is 119 cm³/mol. The topological polar surface area (TPSA) is 36.0 Å². The van der Waals surface area contributed by atoms with Crippen molar-refractivity contribution in [1.82, 2.24) is 9.80 Å². The van der Waals surface area contributed by atoms with Crippen LogP contribution in [-0.2, 0) is 24.1 Å². The van der Waals surface area contributed by atoms with E-state index in [0.717, 1.165) is 39.0 Å². The van der Waals surface area contributed by atoms with E-state index in [2.05, 4.69) is 28.0 Å². The average molecular weight is 424 g/mol. The van der Waals surface area contributed by atoms with Gasteiger partial charge in [-0.25, -0.2) is 9.18 Å². The number of carbonyl (C=O) groups excluding carboxylic acids is 1. The maximum absolute atomic E-state index is 13.1. The van der Waals surface area contributed by atoms with Crippen molar-refractivity contribution in [3.05, 3.63) is 65.0 Å². The van der Waals surface area contributed by atoms with Crippen LogP contribution < -0.4 is 4.90 Å². The minimum atomic E-state index is -0.203. The minimum absolute atomic E-state index is 0.168. The molecule has 0 bridgehead atoms. The Morgan fingerprint density at radius 2 is 1.74 bits per heavy atom. The fourth-order valence-electron chi connectivity index (χ4n) is 5.11. The Hall–Kier alpha value is -2.60. The summed E-state index contributed by atoms with van der Waals surface area (Å²) < 4.78 is 18.1. The molecule has 0 saturated carbocycles. The lowest BCUT2D eigenvalue weighted by molar-refractivity contribution is 0.157. The van der Waals surface area contributed by atoms with Crippen LogP contribution in [0.25, 0.3) is 0 Å². The molecule has 0 aromatic heterocycles. The molecule has 2 aromatic carbocycles. The summed E-state index contributed by atoms with van der Waals surface area (Å²) in [7, 11) is 0. The molecule has 0 N–H and O–H groups in total. The highest BCUT2D eigenvalue weighted by Crippen LogP contribution is 2.34. The molecular formula is C25H30FN3O2. The molecule has 0 unspecified atom stereocenters. The molecule has 3 aliphatic heterocycles. The number of ether oxygens (including phenoxy) is 1. The van der Waals surface area contributed by atoms with E-state index in [-0.39, 0.29) is 11.9 Å². The molecule has 3 heterocycles. The number of amides is 1. The molecule has 2 aromatic rings. The van der Waals surface area contributed by atoms with Gasteiger partial charge in [-0.3, -0.25) is 0 Å². The molecule has 164 valence electrons. The van der Waals surface area contributed by atoms with Crippen molar-refractivity contribution in [3.8, 4) is 0 Å². The van der Waals surface area contributed by atoms with Crippen LogP contribution in [0, 0.1) is 5.82 Å². The van der Waals surface area contributed by atoms with Crippen LogP contribution in [0.2, 0.25) is 0 Å². The van der Waals surface area contributed by atoms with Crippen molar-refractivity contribution in [1.29, 1.82) is 0 Å². The molecule has 2 fully saturated rings. The van der Waals surface area contributed by atoms with E-state index in [9.17, 15) is 9.18 Å². The van der Waals surface area contributed by atoms with Crippen molar-refractivity contribution < 1.29 is 13.9 Å². The number of fused-ring (bicyclic) bond motifs is 1. The zero-order chi connectivity index (χ0) is 21.2. The Morgan fingerprint density at radius 3 is 2.48 bits per heavy atom. The van der Waals surface area contributed by atoms with Gasteiger partial charge < -0.3 is 19.4 Å². The Bertz CT molecular complexity index is 925. The fourth-order valence-corrected chi connectivity index (χ4v) is 5.11. The zero-order valence-electron chi connectivity index (χ0n) is 17.9. The molecular weight excluding hydrogens is 393 g/mol. The Morgan fingerprint density at radius 1 is 0.968 bits per heavy atom. The van der Waals surface area contributed by atoms with Gasteiger partial charge in [0.05, 0.1) is 6.54 Å². The van der Waals surface area contributed by atoms with Gasteiger partial charge in [0.25, 0.3) is 0 Å². The number of halogens is 1. The van der Waals surface area contributed by atoms with Gasteiger partial charge in [0.1, 0.15) is 12.4 Å². The lowest BCUT2D eigenvalue weighted by Crippen LogP contribution is -2.45. The highest BCUT2D eigenvalue weighted by molar-refractivity contribution is 5.69. The number of likely N-dealkylation sites (tertiary alicyclic amines) is 1. The molecule has 3 aliphatic rings. The first-order valence-corrected chi connectivity index (χ1v) is 11.4. The molecule has 5 rings (SSSR count). The zero-order valence-corrected chi connectivity index (χ0v) is 17.9. The summed E-state index contributed by atoms with van der Waals surface area (Å²) in [4.78, 5) is 18.7. The summed E-state index contributed by atoms with van der Waals surface area (Å²) in [6, 6.07) is 14.1. The predicted octanol–water partition coefficient (Wildman–Crippen LogP) is 3.85. The number of nitrogens with zero attached hydrogens (tertiary/aromatic N) is 3. The van der Waals surface area contributed by atoms with Crippen LogP contribution in [0.4, 0.5) is 14.9 Å². The molecule has 2 saturated heterocycles. The third-order valence-electron chi connectivity index (χ3n) is 6.93. The summed E-state index contributed by atoms with van der Waals surface area (Å²) in [5.74, 6) is -0.168. The Labute approximate surface area is 183 Å². The fraction of sp³-hybridized carbons (Fsp3) is 0.480. The maximum Gasteiger partial charge on any atom is 0.410 e. The van der Waals surface area contributed by atoms with Crippen LogP contribution in [-0.4, -0.2) is 61.3 Å². The summed E-state index contributed by atoms with van der Waals surface area (Å²) in [6.07, 6.45) is 4.22. The van der Waals surface area contributed by atoms with E-state index in [1.807, 2.05) is 12.1 Å². The molecule has 31 heavy (non-hydrogen) atoms. The summed E-state index contributed by atoms with van der Waals surface area (Å²) >= 11 is 0. The molecule has 6 heteroatoms. The number of rotatable bonds is 6. The third kappa shape index (κ3) is 4.54. The maximum atomic E-state index is 13.1. The second kappa shape index (κ2) is 8.87. The molecule has 0 spiro atoms. The van der Waals surface area contributed by atoms with E-state index in [1.165, 1.54) is 35.2 Å². The van der Waals surface area contributed by atoms with Gasteiger partial charge in [0.15, 0.2) is 0 Å². The van der Waals surface area contributed by atoms with Gasteiger partial charge in [-0.1, -0.05) is 24.3 Å². The van der Waals surface area contributed by atoms with Crippen LogP contribution in [0.15, 0.2) is 42.5 Å². The van der Waals surface area contributed by atoms with Crippen LogP contribution in [0.1, 0.15) is 29.5 Å². The number of carbonyl (C=O) groups is 1. The largest absolute Gasteiger partial charge is 0.448 e. The molecule has 1 amide bonds. The minimum Gasteiger partial charge on any atom is -0.448 e. The molecule has 0 atom stereocenters. The average Bonchev–Trinajstić information content (AvgIpc) is 3.40. The number of piperidine rings is 1. The van der Waals surface area contributed by atoms with Crippen LogP contribution in [0.5, 0.6) is 0 Å². The first-order chi connectivity index (χ1) is 15.2. The third-order valence-corrected chi connectivity index (χ3v) is 6.93. The Balaban J connectivity index is 1.17. The summed E-state index contributed by atoms with van der Waals surface area (Å²) in [5, 5.41) is 0. The van der Waals surface area contributed by atoms with Gasteiger partial charge in [-0.2, -0.15) is 0 Å².